The Hall–Kier alpha value is -2.73. The number of anilines is 2. The first-order valence-electron chi connectivity index (χ1n) is 7.81. The van der Waals surface area contributed by atoms with Crippen molar-refractivity contribution in [3.8, 4) is 0 Å². The van der Waals surface area contributed by atoms with Gasteiger partial charge in [-0.15, -0.1) is 0 Å². The third-order valence-corrected chi connectivity index (χ3v) is 4.49. The van der Waals surface area contributed by atoms with Crippen LogP contribution in [0.25, 0.3) is 5.65 Å². The number of nitrogens with one attached hydrogen (secondary N) is 2. The minimum atomic E-state index is -0.496. The minimum absolute atomic E-state index is 0.496. The average molecular weight is 359 g/mol. The topological polar surface area (TPSA) is 67.7 Å². The largest absolute Gasteiger partial charge is 0.453 e. The van der Waals surface area contributed by atoms with Gasteiger partial charge in [-0.3, -0.25) is 9.72 Å². The van der Waals surface area contributed by atoms with Crippen molar-refractivity contribution in [1.29, 1.82) is 0 Å². The van der Waals surface area contributed by atoms with E-state index in [1.54, 1.807) is 0 Å². The van der Waals surface area contributed by atoms with E-state index in [9.17, 15) is 4.79 Å². The van der Waals surface area contributed by atoms with Crippen molar-refractivity contribution < 1.29 is 9.53 Å². The van der Waals surface area contributed by atoms with Crippen LogP contribution in [-0.4, -0.2) is 22.6 Å². The van der Waals surface area contributed by atoms with E-state index in [-0.39, 0.29) is 0 Å². The van der Waals surface area contributed by atoms with Crippen molar-refractivity contribution in [2.45, 2.75) is 20.4 Å². The van der Waals surface area contributed by atoms with Gasteiger partial charge in [0.25, 0.3) is 0 Å². The predicted molar refractivity (Wildman–Crippen MR) is 99.5 cm³/mol. The Balaban J connectivity index is 1.90. The molecule has 0 unspecified atom stereocenters. The summed E-state index contributed by atoms with van der Waals surface area (Å²) in [6.07, 6.45) is 1.38. The summed E-state index contributed by atoms with van der Waals surface area (Å²) >= 11 is 6.27. The van der Waals surface area contributed by atoms with Crippen LogP contribution in [0, 0.1) is 13.8 Å². The van der Waals surface area contributed by atoms with E-state index < -0.39 is 6.09 Å². The summed E-state index contributed by atoms with van der Waals surface area (Å²) in [5.41, 5.74) is 5.16. The van der Waals surface area contributed by atoms with Gasteiger partial charge in [-0.05, 0) is 43.2 Å². The van der Waals surface area contributed by atoms with Crippen molar-refractivity contribution in [2.75, 3.05) is 17.7 Å². The van der Waals surface area contributed by atoms with Crippen molar-refractivity contribution in [2.24, 2.45) is 0 Å². The smallest absolute Gasteiger partial charge is 0.411 e. The van der Waals surface area contributed by atoms with Crippen molar-refractivity contribution in [3.63, 3.8) is 0 Å². The number of imidazole rings is 1. The number of aromatic nitrogens is 2. The molecule has 0 saturated heterocycles. The Morgan fingerprint density at radius 3 is 2.76 bits per heavy atom. The minimum Gasteiger partial charge on any atom is -0.453 e. The van der Waals surface area contributed by atoms with Crippen molar-refractivity contribution in [3.05, 3.63) is 58.5 Å². The van der Waals surface area contributed by atoms with E-state index in [2.05, 4.69) is 20.4 Å². The number of ether oxygens (including phenoxy) is 1. The predicted octanol–water partition coefficient (Wildman–Crippen LogP) is 4.39. The van der Waals surface area contributed by atoms with Gasteiger partial charge >= 0.3 is 6.09 Å². The molecule has 0 bridgehead atoms. The molecule has 0 spiro atoms. The molecular formula is C18H19ClN4O2. The van der Waals surface area contributed by atoms with Crippen LogP contribution in [0.1, 0.15) is 16.8 Å². The molecule has 0 atom stereocenters. The summed E-state index contributed by atoms with van der Waals surface area (Å²) in [5, 5.41) is 6.73. The normalized spacial score (nSPS) is 10.7. The molecule has 2 aromatic heterocycles. The highest BCUT2D eigenvalue weighted by Gasteiger charge is 2.12. The van der Waals surface area contributed by atoms with Gasteiger partial charge in [0.15, 0.2) is 5.65 Å². The lowest BCUT2D eigenvalue weighted by molar-refractivity contribution is 0.187. The highest BCUT2D eigenvalue weighted by Crippen LogP contribution is 2.25. The maximum Gasteiger partial charge on any atom is 0.411 e. The van der Waals surface area contributed by atoms with Crippen LogP contribution >= 0.6 is 11.6 Å². The monoisotopic (exact) mass is 358 g/mol. The van der Waals surface area contributed by atoms with Crippen LogP contribution in [0.2, 0.25) is 5.15 Å². The zero-order valence-electron chi connectivity index (χ0n) is 14.3. The highest BCUT2D eigenvalue weighted by atomic mass is 35.5. The fraction of sp³-hybridized carbons (Fsp3) is 0.222. The van der Waals surface area contributed by atoms with Crippen LogP contribution < -0.4 is 10.6 Å². The molecule has 25 heavy (non-hydrogen) atoms. The van der Waals surface area contributed by atoms with Gasteiger partial charge in [0, 0.05) is 18.4 Å². The standard InChI is InChI=1S/C18H19ClN4O2/c1-11-6-4-7-14(22-18(24)25-3)13(11)10-20-15-8-5-9-23-16(19)12(2)21-17(15)23/h4-9,20H,10H2,1-3H3,(H,22,24). The SMILES string of the molecule is COC(=O)Nc1cccc(C)c1CNc1cccn2c(Cl)c(C)nc12. The third kappa shape index (κ3) is 3.39. The molecule has 3 rings (SSSR count). The number of pyridine rings is 1. The first-order valence-corrected chi connectivity index (χ1v) is 8.19. The summed E-state index contributed by atoms with van der Waals surface area (Å²) in [7, 11) is 1.34. The Morgan fingerprint density at radius 2 is 2.00 bits per heavy atom. The number of aryl methyl sites for hydroxylation is 2. The molecule has 0 aliphatic rings. The molecule has 2 heterocycles. The molecule has 130 valence electrons. The quantitative estimate of drug-likeness (QED) is 0.725. The molecule has 1 aromatic carbocycles. The Kier molecular flexibility index (Phi) is 4.81. The maximum absolute atomic E-state index is 11.6. The third-order valence-electron chi connectivity index (χ3n) is 4.04. The second-order valence-electron chi connectivity index (χ2n) is 5.67. The number of carbonyl (C=O) groups excluding carboxylic acids is 1. The second-order valence-corrected chi connectivity index (χ2v) is 6.03. The highest BCUT2D eigenvalue weighted by molar-refractivity contribution is 6.30. The van der Waals surface area contributed by atoms with Gasteiger partial charge in [-0.1, -0.05) is 23.7 Å². The molecule has 1 amide bonds. The lowest BCUT2D eigenvalue weighted by Gasteiger charge is -2.15. The van der Waals surface area contributed by atoms with Gasteiger partial charge in [-0.2, -0.15) is 0 Å². The first kappa shape index (κ1) is 17.1. The van der Waals surface area contributed by atoms with Gasteiger partial charge in [-0.25, -0.2) is 9.78 Å². The number of nitrogens with zero attached hydrogens (tertiary/aromatic N) is 2. The van der Waals surface area contributed by atoms with Crippen LogP contribution in [0.5, 0.6) is 0 Å². The molecule has 0 aliphatic carbocycles. The van der Waals surface area contributed by atoms with Crippen molar-refractivity contribution >= 4 is 34.7 Å². The lowest BCUT2D eigenvalue weighted by atomic mass is 10.1. The van der Waals surface area contributed by atoms with E-state index in [1.165, 1.54) is 7.11 Å². The fourth-order valence-electron chi connectivity index (χ4n) is 2.69. The van der Waals surface area contributed by atoms with Gasteiger partial charge in [0.2, 0.25) is 0 Å². The number of benzene rings is 1. The number of fused-ring (bicyclic) bond motifs is 1. The number of amides is 1. The molecular weight excluding hydrogens is 340 g/mol. The van der Waals surface area contributed by atoms with E-state index in [0.717, 1.165) is 28.2 Å². The van der Waals surface area contributed by atoms with Crippen LogP contribution in [0.4, 0.5) is 16.2 Å². The van der Waals surface area contributed by atoms with Gasteiger partial charge in [0.1, 0.15) is 5.15 Å². The number of rotatable bonds is 4. The van der Waals surface area contributed by atoms with Gasteiger partial charge in [0.05, 0.1) is 18.5 Å². The molecule has 6 nitrogen and oxygen atoms in total. The number of halogens is 1. The summed E-state index contributed by atoms with van der Waals surface area (Å²) < 4.78 is 6.52. The summed E-state index contributed by atoms with van der Waals surface area (Å²) in [5.74, 6) is 0. The molecule has 3 aromatic rings. The van der Waals surface area contributed by atoms with Crippen molar-refractivity contribution in [1.82, 2.24) is 9.38 Å². The molecule has 0 aliphatic heterocycles. The zero-order chi connectivity index (χ0) is 18.0. The molecule has 7 heteroatoms. The summed E-state index contributed by atoms with van der Waals surface area (Å²) in [6.45, 7) is 4.39. The Bertz CT molecular complexity index is 936. The average Bonchev–Trinajstić information content (AvgIpc) is 2.89. The number of carbonyl (C=O) groups is 1. The lowest BCUT2D eigenvalue weighted by Crippen LogP contribution is -2.14. The van der Waals surface area contributed by atoms with Crippen LogP contribution in [0.3, 0.4) is 0 Å². The molecule has 0 fully saturated rings. The number of hydrogen-bond acceptors (Lipinski definition) is 4. The van der Waals surface area contributed by atoms with E-state index in [1.807, 2.05) is 54.8 Å². The van der Waals surface area contributed by atoms with Gasteiger partial charge < -0.3 is 10.1 Å². The van der Waals surface area contributed by atoms with Crippen LogP contribution in [0.15, 0.2) is 36.5 Å². The zero-order valence-corrected chi connectivity index (χ0v) is 15.0. The summed E-state index contributed by atoms with van der Waals surface area (Å²) in [6, 6.07) is 9.59. The fourth-order valence-corrected chi connectivity index (χ4v) is 2.87. The molecule has 0 saturated carbocycles. The van der Waals surface area contributed by atoms with Crippen LogP contribution in [-0.2, 0) is 11.3 Å². The second kappa shape index (κ2) is 7.03. The number of methoxy groups -OCH3 is 1. The van der Waals surface area contributed by atoms with E-state index in [4.69, 9.17) is 11.6 Å². The van der Waals surface area contributed by atoms with E-state index >= 15 is 0 Å². The molecule has 0 radical (unpaired) electrons. The first-order chi connectivity index (χ1) is 12.0. The maximum atomic E-state index is 11.6. The Labute approximate surface area is 150 Å². The Morgan fingerprint density at radius 1 is 1.24 bits per heavy atom. The van der Waals surface area contributed by atoms with E-state index in [0.29, 0.717) is 17.4 Å². The number of hydrogen-bond donors (Lipinski definition) is 2. The summed E-state index contributed by atoms with van der Waals surface area (Å²) in [4.78, 5) is 16.1. The molecule has 2 N–H and O–H groups in total.